The van der Waals surface area contributed by atoms with Gasteiger partial charge in [0.2, 0.25) is 0 Å². The van der Waals surface area contributed by atoms with Crippen LogP contribution >= 0.6 is 0 Å². The summed E-state index contributed by atoms with van der Waals surface area (Å²) in [6.45, 7) is 7.36. The van der Waals surface area contributed by atoms with Crippen molar-refractivity contribution in [2.24, 2.45) is 0 Å². The Kier molecular flexibility index (Phi) is 4.31. The Morgan fingerprint density at radius 2 is 1.67 bits per heavy atom. The van der Waals surface area contributed by atoms with Crippen LogP contribution in [-0.2, 0) is 9.31 Å². The van der Waals surface area contributed by atoms with E-state index in [-0.39, 0.29) is 5.46 Å². The molecule has 1 heterocycles. The molecule has 1 aromatic carbocycles. The molecule has 0 atom stereocenters. The van der Waals surface area contributed by atoms with Crippen LogP contribution in [0.25, 0.3) is 6.08 Å². The fraction of sp³-hybridized carbons (Fsp3) is 0.429. The summed E-state index contributed by atoms with van der Waals surface area (Å²) in [5.41, 5.74) is -1.26. The van der Waals surface area contributed by atoms with Gasteiger partial charge in [0.05, 0.1) is 11.2 Å². The second-order valence-electron chi connectivity index (χ2n) is 6.12. The van der Waals surface area contributed by atoms with Gasteiger partial charge in [-0.05, 0) is 44.8 Å². The van der Waals surface area contributed by atoms with Crippen molar-refractivity contribution in [3.63, 3.8) is 0 Å². The molecule has 7 heteroatoms. The summed E-state index contributed by atoms with van der Waals surface area (Å²) in [5, 5.41) is 18.6. The average Bonchev–Trinajstić information content (AvgIpc) is 2.59. The van der Waals surface area contributed by atoms with E-state index in [9.17, 15) is 14.4 Å². The zero-order valence-corrected chi connectivity index (χ0v) is 12.6. The highest BCUT2D eigenvalue weighted by Gasteiger charge is 2.53. The molecule has 4 nitrogen and oxygen atoms in total. The van der Waals surface area contributed by atoms with E-state index in [1.165, 1.54) is 12.1 Å². The molecule has 0 aliphatic carbocycles. The second-order valence-corrected chi connectivity index (χ2v) is 6.12. The molecule has 0 unspecified atom stereocenters. The molecule has 2 rings (SSSR count). The summed E-state index contributed by atoms with van der Waals surface area (Å²) in [6, 6.07) is 6.46. The third kappa shape index (κ3) is 3.21. The van der Waals surface area contributed by atoms with E-state index in [1.807, 2.05) is 27.7 Å². The summed E-state index contributed by atoms with van der Waals surface area (Å²) in [7, 11) is -2.76. The zero-order valence-electron chi connectivity index (χ0n) is 12.6. The fourth-order valence-corrected chi connectivity index (χ4v) is 2.05. The van der Waals surface area contributed by atoms with Crippen LogP contribution in [0.3, 0.4) is 0 Å². The van der Waals surface area contributed by atoms with Gasteiger partial charge in [0.1, 0.15) is 5.73 Å². The average molecular weight is 292 g/mol. The SMILES string of the molecule is CC1(C)OB(C(F)=Cc2ccccc2B(O)O)OC1(C)C. The van der Waals surface area contributed by atoms with Crippen LogP contribution in [0, 0.1) is 0 Å². The van der Waals surface area contributed by atoms with Crippen LogP contribution < -0.4 is 5.46 Å². The molecule has 0 radical (unpaired) electrons. The summed E-state index contributed by atoms with van der Waals surface area (Å²) < 4.78 is 25.6. The Balaban J connectivity index is 2.28. The van der Waals surface area contributed by atoms with Gasteiger partial charge in [0, 0.05) is 0 Å². The van der Waals surface area contributed by atoms with E-state index >= 15 is 0 Å². The first kappa shape index (κ1) is 16.2. The lowest BCUT2D eigenvalue weighted by Gasteiger charge is -2.32. The van der Waals surface area contributed by atoms with E-state index in [4.69, 9.17) is 9.31 Å². The van der Waals surface area contributed by atoms with Gasteiger partial charge < -0.3 is 19.4 Å². The standard InChI is InChI=1S/C14H19B2FO4/c1-13(2)14(3,4)21-16(20-13)12(17)9-10-7-5-6-8-11(10)15(18)19/h5-9,18-19H,1-4H3. The largest absolute Gasteiger partial charge is 0.525 e. The molecule has 21 heavy (non-hydrogen) atoms. The van der Waals surface area contributed by atoms with Crippen molar-refractivity contribution in [1.82, 2.24) is 0 Å². The molecule has 0 saturated carbocycles. The molecule has 1 fully saturated rings. The van der Waals surface area contributed by atoms with Crippen molar-refractivity contribution >= 4 is 25.8 Å². The van der Waals surface area contributed by atoms with Crippen molar-refractivity contribution in [2.75, 3.05) is 0 Å². The number of halogens is 1. The van der Waals surface area contributed by atoms with Gasteiger partial charge in [0.25, 0.3) is 0 Å². The predicted molar refractivity (Wildman–Crippen MR) is 81.4 cm³/mol. The van der Waals surface area contributed by atoms with Crippen LogP contribution in [0.1, 0.15) is 33.3 Å². The molecule has 1 aromatic rings. The molecule has 1 saturated heterocycles. The summed E-state index contributed by atoms with van der Waals surface area (Å²) in [6.07, 6.45) is 1.21. The summed E-state index contributed by atoms with van der Waals surface area (Å²) in [5.74, 6) is 0. The van der Waals surface area contributed by atoms with Crippen LogP contribution in [0.4, 0.5) is 4.39 Å². The smallest absolute Gasteiger partial charge is 0.423 e. The van der Waals surface area contributed by atoms with Gasteiger partial charge in [0.15, 0.2) is 0 Å². The fourth-order valence-electron chi connectivity index (χ4n) is 2.05. The van der Waals surface area contributed by atoms with Gasteiger partial charge in [-0.25, -0.2) is 4.39 Å². The minimum atomic E-state index is -1.66. The Labute approximate surface area is 124 Å². The summed E-state index contributed by atoms with van der Waals surface area (Å²) in [4.78, 5) is 0. The van der Waals surface area contributed by atoms with Crippen molar-refractivity contribution in [3.05, 3.63) is 35.6 Å². The molecular weight excluding hydrogens is 273 g/mol. The van der Waals surface area contributed by atoms with Crippen LogP contribution in [0.15, 0.2) is 30.0 Å². The van der Waals surface area contributed by atoms with Crippen molar-refractivity contribution < 1.29 is 23.7 Å². The van der Waals surface area contributed by atoms with Crippen LogP contribution in [-0.4, -0.2) is 35.5 Å². The maximum atomic E-state index is 14.4. The third-order valence-corrected chi connectivity index (χ3v) is 4.05. The lowest BCUT2D eigenvalue weighted by Crippen LogP contribution is -2.41. The second kappa shape index (κ2) is 5.57. The van der Waals surface area contributed by atoms with E-state index in [0.717, 1.165) is 0 Å². The quantitative estimate of drug-likeness (QED) is 0.825. The Bertz CT molecular complexity index is 542. The lowest BCUT2D eigenvalue weighted by atomic mass is 9.76. The van der Waals surface area contributed by atoms with Gasteiger partial charge >= 0.3 is 14.2 Å². The molecule has 2 N–H and O–H groups in total. The molecule has 1 aliphatic heterocycles. The molecule has 112 valence electrons. The third-order valence-electron chi connectivity index (χ3n) is 4.05. The normalized spacial score (nSPS) is 20.7. The molecule has 1 aliphatic rings. The monoisotopic (exact) mass is 292 g/mol. The zero-order chi connectivity index (χ0) is 15.8. The molecule has 0 bridgehead atoms. The first-order valence-electron chi connectivity index (χ1n) is 6.82. The number of hydrogen-bond donors (Lipinski definition) is 2. The number of hydrogen-bond acceptors (Lipinski definition) is 4. The van der Waals surface area contributed by atoms with E-state index in [0.29, 0.717) is 5.56 Å². The minimum absolute atomic E-state index is 0.226. The lowest BCUT2D eigenvalue weighted by molar-refractivity contribution is 0.00578. The van der Waals surface area contributed by atoms with Crippen molar-refractivity contribution in [3.8, 4) is 0 Å². The number of rotatable bonds is 3. The van der Waals surface area contributed by atoms with Crippen LogP contribution in [0.2, 0.25) is 0 Å². The Morgan fingerprint density at radius 3 is 2.19 bits per heavy atom. The minimum Gasteiger partial charge on any atom is -0.423 e. The first-order chi connectivity index (χ1) is 9.64. The van der Waals surface area contributed by atoms with Gasteiger partial charge in [-0.3, -0.25) is 0 Å². The first-order valence-corrected chi connectivity index (χ1v) is 6.82. The molecular formula is C14H19B2FO4. The van der Waals surface area contributed by atoms with E-state index in [1.54, 1.807) is 18.2 Å². The van der Waals surface area contributed by atoms with E-state index in [2.05, 4.69) is 0 Å². The van der Waals surface area contributed by atoms with Gasteiger partial charge in [-0.2, -0.15) is 0 Å². The predicted octanol–water partition coefficient (Wildman–Crippen LogP) is 1.31. The van der Waals surface area contributed by atoms with E-state index < -0.39 is 31.2 Å². The maximum absolute atomic E-state index is 14.4. The Morgan fingerprint density at radius 1 is 1.14 bits per heavy atom. The topological polar surface area (TPSA) is 58.9 Å². The summed E-state index contributed by atoms with van der Waals surface area (Å²) >= 11 is 0. The van der Waals surface area contributed by atoms with Crippen molar-refractivity contribution in [1.29, 1.82) is 0 Å². The number of benzene rings is 1. The van der Waals surface area contributed by atoms with Gasteiger partial charge in [-0.15, -0.1) is 0 Å². The van der Waals surface area contributed by atoms with Crippen LogP contribution in [0.5, 0.6) is 0 Å². The molecule has 0 amide bonds. The van der Waals surface area contributed by atoms with Crippen molar-refractivity contribution in [2.45, 2.75) is 38.9 Å². The highest BCUT2D eigenvalue weighted by molar-refractivity contribution is 6.60. The highest BCUT2D eigenvalue weighted by Crippen LogP contribution is 2.38. The highest BCUT2D eigenvalue weighted by atomic mass is 19.1. The Hall–Kier alpha value is -1.14. The van der Waals surface area contributed by atoms with Gasteiger partial charge in [-0.1, -0.05) is 24.3 Å². The molecule has 0 aromatic heterocycles. The molecule has 0 spiro atoms. The maximum Gasteiger partial charge on any atom is 0.525 e.